The van der Waals surface area contributed by atoms with Crippen molar-refractivity contribution in [1.82, 2.24) is 15.3 Å². The lowest BCUT2D eigenvalue weighted by atomic mass is 9.96. The molecular formula is C21H22N4O. The summed E-state index contributed by atoms with van der Waals surface area (Å²) in [6, 6.07) is 17.8. The van der Waals surface area contributed by atoms with Crippen LogP contribution in [0.1, 0.15) is 25.3 Å². The summed E-state index contributed by atoms with van der Waals surface area (Å²) < 4.78 is 0. The van der Waals surface area contributed by atoms with Crippen molar-refractivity contribution >= 4 is 22.6 Å². The molecule has 2 N–H and O–H groups in total. The van der Waals surface area contributed by atoms with E-state index < -0.39 is 0 Å². The van der Waals surface area contributed by atoms with Crippen LogP contribution in [0.15, 0.2) is 60.9 Å². The standard InChI is InChI=1S/C21H22N4O/c1-15(25-19-17-9-5-6-10-18(17)23-14-24-19)20(26)22-13-21(11-12-21)16-7-3-2-4-8-16/h2-10,14-15H,11-13H2,1H3,(H,22,26)(H,23,24,25). The van der Waals surface area contributed by atoms with Gasteiger partial charge in [0.15, 0.2) is 0 Å². The average Bonchev–Trinajstić information content (AvgIpc) is 3.48. The minimum atomic E-state index is -0.375. The molecule has 4 rings (SSSR count). The van der Waals surface area contributed by atoms with E-state index in [9.17, 15) is 4.79 Å². The van der Waals surface area contributed by atoms with Gasteiger partial charge in [0.2, 0.25) is 5.91 Å². The fraction of sp³-hybridized carbons (Fsp3) is 0.286. The largest absolute Gasteiger partial charge is 0.358 e. The van der Waals surface area contributed by atoms with Crippen LogP contribution < -0.4 is 10.6 Å². The Hall–Kier alpha value is -2.95. The van der Waals surface area contributed by atoms with Crippen molar-refractivity contribution in [2.75, 3.05) is 11.9 Å². The van der Waals surface area contributed by atoms with Crippen LogP contribution in [-0.2, 0) is 10.2 Å². The summed E-state index contributed by atoms with van der Waals surface area (Å²) in [6.07, 6.45) is 3.76. The molecule has 1 heterocycles. The number of fused-ring (bicyclic) bond motifs is 1. The Morgan fingerprint density at radius 1 is 1.08 bits per heavy atom. The summed E-state index contributed by atoms with van der Waals surface area (Å²) in [6.45, 7) is 2.53. The van der Waals surface area contributed by atoms with E-state index >= 15 is 0 Å². The molecule has 1 aliphatic carbocycles. The normalized spacial score (nSPS) is 16.0. The maximum atomic E-state index is 12.6. The first-order valence-corrected chi connectivity index (χ1v) is 8.97. The maximum Gasteiger partial charge on any atom is 0.242 e. The molecule has 0 spiro atoms. The number of hydrogen-bond donors (Lipinski definition) is 2. The predicted octanol–water partition coefficient (Wildman–Crippen LogP) is 3.28. The van der Waals surface area contributed by atoms with Crippen LogP contribution in [0.5, 0.6) is 0 Å². The Balaban J connectivity index is 1.41. The zero-order chi connectivity index (χ0) is 18.0. The van der Waals surface area contributed by atoms with Crippen molar-refractivity contribution in [3.8, 4) is 0 Å². The van der Waals surface area contributed by atoms with Gasteiger partial charge in [-0.2, -0.15) is 0 Å². The van der Waals surface area contributed by atoms with Crippen molar-refractivity contribution in [2.45, 2.75) is 31.2 Å². The molecule has 3 aromatic rings. The predicted molar refractivity (Wildman–Crippen MR) is 103 cm³/mol. The lowest BCUT2D eigenvalue weighted by Crippen LogP contribution is -2.41. The first-order chi connectivity index (χ1) is 12.7. The molecule has 0 bridgehead atoms. The van der Waals surface area contributed by atoms with Crippen molar-refractivity contribution < 1.29 is 4.79 Å². The van der Waals surface area contributed by atoms with E-state index in [-0.39, 0.29) is 17.4 Å². The molecule has 5 nitrogen and oxygen atoms in total. The second kappa shape index (κ2) is 6.75. The number of amides is 1. The molecule has 5 heteroatoms. The third kappa shape index (κ3) is 3.25. The highest BCUT2D eigenvalue weighted by Gasteiger charge is 2.44. The Morgan fingerprint density at radius 3 is 2.58 bits per heavy atom. The van der Waals surface area contributed by atoms with Crippen molar-refractivity contribution in [1.29, 1.82) is 0 Å². The molecule has 0 saturated heterocycles. The summed E-state index contributed by atoms with van der Waals surface area (Å²) in [7, 11) is 0. The number of anilines is 1. The van der Waals surface area contributed by atoms with Gasteiger partial charge in [-0.15, -0.1) is 0 Å². The van der Waals surface area contributed by atoms with Gasteiger partial charge in [0.1, 0.15) is 18.2 Å². The molecule has 0 aliphatic heterocycles. The quantitative estimate of drug-likeness (QED) is 0.719. The monoisotopic (exact) mass is 346 g/mol. The van der Waals surface area contributed by atoms with Gasteiger partial charge < -0.3 is 10.6 Å². The molecule has 0 radical (unpaired) electrons. The first kappa shape index (κ1) is 16.5. The molecule has 26 heavy (non-hydrogen) atoms. The van der Waals surface area contributed by atoms with Crippen molar-refractivity contribution in [3.05, 3.63) is 66.5 Å². The first-order valence-electron chi connectivity index (χ1n) is 8.97. The summed E-state index contributed by atoms with van der Waals surface area (Å²) in [5, 5.41) is 7.24. The number of carbonyl (C=O) groups excluding carboxylic acids is 1. The number of benzene rings is 2. The highest BCUT2D eigenvalue weighted by Crippen LogP contribution is 2.47. The van der Waals surface area contributed by atoms with Crippen LogP contribution in [0.2, 0.25) is 0 Å². The SMILES string of the molecule is CC(Nc1ncnc2ccccc12)C(=O)NCC1(c2ccccc2)CC1. The van der Waals surface area contributed by atoms with Gasteiger partial charge >= 0.3 is 0 Å². The molecule has 1 aromatic heterocycles. The average molecular weight is 346 g/mol. The van der Waals surface area contributed by atoms with Gasteiger partial charge in [0, 0.05) is 17.3 Å². The third-order valence-electron chi connectivity index (χ3n) is 5.13. The number of carbonyl (C=O) groups is 1. The molecule has 1 atom stereocenters. The number of nitrogens with zero attached hydrogens (tertiary/aromatic N) is 2. The van der Waals surface area contributed by atoms with Gasteiger partial charge in [-0.05, 0) is 37.5 Å². The highest BCUT2D eigenvalue weighted by atomic mass is 16.2. The summed E-state index contributed by atoms with van der Waals surface area (Å²) in [4.78, 5) is 21.1. The maximum absolute atomic E-state index is 12.6. The Labute approximate surface area is 152 Å². The van der Waals surface area contributed by atoms with Gasteiger partial charge in [-0.3, -0.25) is 4.79 Å². The minimum absolute atomic E-state index is 0.0186. The Kier molecular flexibility index (Phi) is 4.29. The van der Waals surface area contributed by atoms with Crippen LogP contribution >= 0.6 is 0 Å². The van der Waals surface area contributed by atoms with E-state index in [0.29, 0.717) is 12.4 Å². The highest BCUT2D eigenvalue weighted by molar-refractivity contribution is 5.91. The summed E-state index contributed by atoms with van der Waals surface area (Å²) in [5.41, 5.74) is 2.28. The lowest BCUT2D eigenvalue weighted by Gasteiger charge is -2.20. The van der Waals surface area contributed by atoms with Gasteiger partial charge in [0.05, 0.1) is 5.52 Å². The number of rotatable bonds is 6. The number of hydrogen-bond acceptors (Lipinski definition) is 4. The second-order valence-corrected chi connectivity index (χ2v) is 6.97. The molecule has 132 valence electrons. The summed E-state index contributed by atoms with van der Waals surface area (Å²) in [5.74, 6) is 0.664. The zero-order valence-electron chi connectivity index (χ0n) is 14.8. The summed E-state index contributed by atoms with van der Waals surface area (Å²) >= 11 is 0. The lowest BCUT2D eigenvalue weighted by molar-refractivity contribution is -0.121. The smallest absolute Gasteiger partial charge is 0.242 e. The zero-order valence-corrected chi connectivity index (χ0v) is 14.8. The molecule has 1 aliphatic rings. The topological polar surface area (TPSA) is 66.9 Å². The number of aromatic nitrogens is 2. The minimum Gasteiger partial charge on any atom is -0.358 e. The van der Waals surface area contributed by atoms with E-state index in [2.05, 4.69) is 44.9 Å². The Bertz CT molecular complexity index is 916. The molecular weight excluding hydrogens is 324 g/mol. The molecule has 2 aromatic carbocycles. The molecule has 1 amide bonds. The number of nitrogens with one attached hydrogen (secondary N) is 2. The number of para-hydroxylation sites is 1. The van der Waals surface area contributed by atoms with E-state index in [1.165, 1.54) is 11.9 Å². The van der Waals surface area contributed by atoms with Crippen LogP contribution in [0.4, 0.5) is 5.82 Å². The van der Waals surface area contributed by atoms with Crippen molar-refractivity contribution in [2.24, 2.45) is 0 Å². The van der Waals surface area contributed by atoms with E-state index in [4.69, 9.17) is 0 Å². The van der Waals surface area contributed by atoms with Crippen LogP contribution in [-0.4, -0.2) is 28.5 Å². The van der Waals surface area contributed by atoms with Gasteiger partial charge in [-0.1, -0.05) is 42.5 Å². The fourth-order valence-corrected chi connectivity index (χ4v) is 3.31. The van der Waals surface area contributed by atoms with E-state index in [1.807, 2.05) is 37.3 Å². The molecule has 1 unspecified atom stereocenters. The Morgan fingerprint density at radius 2 is 1.81 bits per heavy atom. The van der Waals surface area contributed by atoms with E-state index in [0.717, 1.165) is 23.7 Å². The van der Waals surface area contributed by atoms with Gasteiger partial charge in [-0.25, -0.2) is 9.97 Å². The fourth-order valence-electron chi connectivity index (χ4n) is 3.31. The molecule has 1 fully saturated rings. The van der Waals surface area contributed by atoms with Crippen LogP contribution in [0.3, 0.4) is 0 Å². The molecule has 1 saturated carbocycles. The third-order valence-corrected chi connectivity index (χ3v) is 5.13. The van der Waals surface area contributed by atoms with Crippen LogP contribution in [0, 0.1) is 0 Å². The van der Waals surface area contributed by atoms with E-state index in [1.54, 1.807) is 0 Å². The van der Waals surface area contributed by atoms with Crippen molar-refractivity contribution in [3.63, 3.8) is 0 Å². The van der Waals surface area contributed by atoms with Gasteiger partial charge in [0.25, 0.3) is 0 Å². The second-order valence-electron chi connectivity index (χ2n) is 6.97. The van der Waals surface area contributed by atoms with Crippen LogP contribution in [0.25, 0.3) is 10.9 Å².